The van der Waals surface area contributed by atoms with Crippen molar-refractivity contribution in [3.63, 3.8) is 0 Å². The number of nitrogens with one attached hydrogen (secondary N) is 1. The van der Waals surface area contributed by atoms with Crippen molar-refractivity contribution in [2.45, 2.75) is 6.23 Å². The second kappa shape index (κ2) is 5.66. The molecule has 0 spiro atoms. The van der Waals surface area contributed by atoms with Crippen LogP contribution in [-0.4, -0.2) is 30.3 Å². The molecule has 1 unspecified atom stereocenters. The minimum Gasteiger partial charge on any atom is -0.481 e. The molecule has 1 aliphatic rings. The fourth-order valence-corrected chi connectivity index (χ4v) is 1.65. The number of ether oxygens (including phenoxy) is 2. The second-order valence-electron chi connectivity index (χ2n) is 3.93. The highest BCUT2D eigenvalue weighted by Gasteiger charge is 2.24. The van der Waals surface area contributed by atoms with Gasteiger partial charge in [0.05, 0.1) is 26.0 Å². The second-order valence-corrected chi connectivity index (χ2v) is 3.93. The zero-order chi connectivity index (χ0) is 14.7. The average molecular weight is 282 g/mol. The molecule has 0 saturated heterocycles. The number of rotatable bonds is 3. The predicted octanol–water partition coefficient (Wildman–Crippen LogP) is 0.667. The van der Waals surface area contributed by atoms with Crippen LogP contribution in [0.15, 0.2) is 35.3 Å². The summed E-state index contributed by atoms with van der Waals surface area (Å²) in [5, 5.41) is 15.3. The first-order chi connectivity index (χ1) is 9.56. The minimum atomic E-state index is -1.31. The van der Waals surface area contributed by atoms with Crippen LogP contribution in [0.2, 0.25) is 0 Å². The maximum absolute atomic E-state index is 13.4. The molecule has 1 aromatic carbocycles. The van der Waals surface area contributed by atoms with Crippen molar-refractivity contribution in [2.24, 2.45) is 5.10 Å². The lowest BCUT2D eigenvalue weighted by molar-refractivity contribution is -0.0417. The van der Waals surface area contributed by atoms with Crippen LogP contribution >= 0.6 is 0 Å². The molecule has 4 N–H and O–H groups in total. The molecule has 0 amide bonds. The molecular formula is C12H15FN4O3. The van der Waals surface area contributed by atoms with E-state index in [1.54, 1.807) is 0 Å². The summed E-state index contributed by atoms with van der Waals surface area (Å²) in [7, 11) is 2.87. The number of hydrazone groups is 1. The Kier molecular flexibility index (Phi) is 3.94. The first-order valence-corrected chi connectivity index (χ1v) is 5.73. The van der Waals surface area contributed by atoms with Crippen LogP contribution in [-0.2, 0) is 9.47 Å². The maximum atomic E-state index is 13.4. The smallest absolute Gasteiger partial charge is 0.238 e. The number of halogens is 1. The molecule has 7 nitrogen and oxygen atoms in total. The van der Waals surface area contributed by atoms with E-state index in [0.29, 0.717) is 5.88 Å². The quantitative estimate of drug-likeness (QED) is 0.706. The first-order valence-electron chi connectivity index (χ1n) is 5.73. The SMILES string of the molecule is COC1=CC(OC)=NN(C(O)c2cccc(F)c2N)N1. The van der Waals surface area contributed by atoms with Gasteiger partial charge in [0.15, 0.2) is 6.23 Å². The number of nitrogens with zero attached hydrogens (tertiary/aromatic N) is 2. The van der Waals surface area contributed by atoms with E-state index in [1.807, 2.05) is 0 Å². The molecule has 1 atom stereocenters. The van der Waals surface area contributed by atoms with Gasteiger partial charge >= 0.3 is 0 Å². The summed E-state index contributed by atoms with van der Waals surface area (Å²) in [6, 6.07) is 4.15. The summed E-state index contributed by atoms with van der Waals surface area (Å²) < 4.78 is 23.4. The Hall–Kier alpha value is -2.48. The monoisotopic (exact) mass is 282 g/mol. The van der Waals surface area contributed by atoms with Gasteiger partial charge in [0, 0.05) is 5.56 Å². The van der Waals surface area contributed by atoms with Gasteiger partial charge in [-0.05, 0) is 6.07 Å². The Morgan fingerprint density at radius 2 is 2.15 bits per heavy atom. The molecule has 1 aromatic rings. The van der Waals surface area contributed by atoms with E-state index in [0.717, 1.165) is 5.12 Å². The lowest BCUT2D eigenvalue weighted by Crippen LogP contribution is -2.40. The van der Waals surface area contributed by atoms with Crippen molar-refractivity contribution in [1.82, 2.24) is 10.5 Å². The van der Waals surface area contributed by atoms with Crippen LogP contribution in [0.3, 0.4) is 0 Å². The van der Waals surface area contributed by atoms with Gasteiger partial charge in [-0.1, -0.05) is 12.1 Å². The van der Waals surface area contributed by atoms with Crippen LogP contribution in [0.4, 0.5) is 10.1 Å². The standard InChI is InChI=1S/C12H15FN4O3/c1-19-9-6-10(20-2)16-17(15-9)12(18)7-4-3-5-8(13)11(7)14/h3-6,12,15,18H,14H2,1-2H3. The van der Waals surface area contributed by atoms with Crippen LogP contribution < -0.4 is 11.2 Å². The Morgan fingerprint density at radius 3 is 2.80 bits per heavy atom. The molecule has 20 heavy (non-hydrogen) atoms. The third-order valence-electron chi connectivity index (χ3n) is 2.71. The summed E-state index contributed by atoms with van der Waals surface area (Å²) >= 11 is 0. The normalized spacial score (nSPS) is 15.9. The predicted molar refractivity (Wildman–Crippen MR) is 70.3 cm³/mol. The molecule has 0 aliphatic carbocycles. The van der Waals surface area contributed by atoms with Gasteiger partial charge in [0.1, 0.15) is 5.82 Å². The van der Waals surface area contributed by atoms with E-state index >= 15 is 0 Å². The summed E-state index contributed by atoms with van der Waals surface area (Å²) in [5.74, 6) is -0.0856. The molecule has 108 valence electrons. The molecule has 0 fully saturated rings. The summed E-state index contributed by atoms with van der Waals surface area (Å²) in [5.41, 5.74) is 8.32. The molecular weight excluding hydrogens is 267 g/mol. The van der Waals surface area contributed by atoms with Crippen LogP contribution in [0, 0.1) is 5.82 Å². The van der Waals surface area contributed by atoms with Gasteiger partial charge < -0.3 is 20.3 Å². The highest BCUT2D eigenvalue weighted by molar-refractivity contribution is 5.88. The van der Waals surface area contributed by atoms with Crippen LogP contribution in [0.1, 0.15) is 11.8 Å². The van der Waals surface area contributed by atoms with E-state index in [2.05, 4.69) is 10.5 Å². The lowest BCUT2D eigenvalue weighted by atomic mass is 10.1. The van der Waals surface area contributed by atoms with Crippen molar-refractivity contribution in [1.29, 1.82) is 0 Å². The Morgan fingerprint density at radius 1 is 1.40 bits per heavy atom. The number of aliphatic hydroxyl groups excluding tert-OH is 1. The number of nitrogen functional groups attached to an aromatic ring is 1. The number of hydrazine groups is 1. The van der Waals surface area contributed by atoms with Crippen molar-refractivity contribution >= 4 is 11.6 Å². The largest absolute Gasteiger partial charge is 0.481 e. The van der Waals surface area contributed by atoms with Crippen LogP contribution in [0.5, 0.6) is 0 Å². The number of aliphatic hydroxyl groups is 1. The fourth-order valence-electron chi connectivity index (χ4n) is 1.65. The number of anilines is 1. The number of hydrogen-bond acceptors (Lipinski definition) is 7. The molecule has 0 radical (unpaired) electrons. The van der Waals surface area contributed by atoms with Gasteiger partial charge in [-0.3, -0.25) is 0 Å². The molecule has 0 bridgehead atoms. The zero-order valence-corrected chi connectivity index (χ0v) is 11.0. The van der Waals surface area contributed by atoms with E-state index in [1.165, 1.54) is 38.5 Å². The minimum absolute atomic E-state index is 0.149. The highest BCUT2D eigenvalue weighted by Crippen LogP contribution is 2.26. The topological polar surface area (TPSA) is 92.3 Å². The number of nitrogens with two attached hydrogens (primary N) is 1. The zero-order valence-electron chi connectivity index (χ0n) is 11.0. The Balaban J connectivity index is 2.29. The Labute approximate surface area is 115 Å². The van der Waals surface area contributed by atoms with E-state index in [9.17, 15) is 9.50 Å². The molecule has 1 aliphatic heterocycles. The van der Waals surface area contributed by atoms with Gasteiger partial charge in [-0.2, -0.15) is 5.12 Å². The van der Waals surface area contributed by atoms with Crippen molar-refractivity contribution in [2.75, 3.05) is 20.0 Å². The third kappa shape index (κ3) is 2.59. The van der Waals surface area contributed by atoms with Gasteiger partial charge in [0.2, 0.25) is 11.8 Å². The molecule has 2 rings (SSSR count). The summed E-state index contributed by atoms with van der Waals surface area (Å²) in [6.07, 6.45) is 0.188. The van der Waals surface area contributed by atoms with Crippen molar-refractivity contribution in [3.05, 3.63) is 41.5 Å². The van der Waals surface area contributed by atoms with Gasteiger partial charge in [-0.25, -0.2) is 9.82 Å². The third-order valence-corrected chi connectivity index (χ3v) is 2.71. The molecule has 8 heteroatoms. The average Bonchev–Trinajstić information content (AvgIpc) is 2.48. The van der Waals surface area contributed by atoms with Gasteiger partial charge in [-0.15, -0.1) is 5.10 Å². The molecule has 0 saturated carbocycles. The molecule has 0 aromatic heterocycles. The number of para-hydroxylation sites is 1. The lowest BCUT2D eigenvalue weighted by Gasteiger charge is -2.30. The number of methoxy groups -OCH3 is 2. The molecule has 1 heterocycles. The van der Waals surface area contributed by atoms with E-state index in [4.69, 9.17) is 15.2 Å². The van der Waals surface area contributed by atoms with Crippen LogP contribution in [0.25, 0.3) is 0 Å². The summed E-state index contributed by atoms with van der Waals surface area (Å²) in [6.45, 7) is 0. The van der Waals surface area contributed by atoms with Crippen molar-refractivity contribution in [3.8, 4) is 0 Å². The Bertz CT molecular complexity index is 562. The number of hydrogen-bond donors (Lipinski definition) is 3. The van der Waals surface area contributed by atoms with Crippen molar-refractivity contribution < 1.29 is 19.0 Å². The highest BCUT2D eigenvalue weighted by atomic mass is 19.1. The first kappa shape index (κ1) is 13.9. The van der Waals surface area contributed by atoms with E-state index < -0.39 is 12.0 Å². The van der Waals surface area contributed by atoms with E-state index in [-0.39, 0.29) is 17.1 Å². The number of benzene rings is 1. The summed E-state index contributed by atoms with van der Waals surface area (Å²) in [4.78, 5) is 0. The fraction of sp³-hybridized carbons (Fsp3) is 0.250. The van der Waals surface area contributed by atoms with Gasteiger partial charge in [0.25, 0.3) is 0 Å². The maximum Gasteiger partial charge on any atom is 0.238 e.